The van der Waals surface area contributed by atoms with Crippen LogP contribution in [0.2, 0.25) is 0 Å². The van der Waals surface area contributed by atoms with E-state index in [9.17, 15) is 19.2 Å². The number of nitrogens with one attached hydrogen (secondary N) is 1. The van der Waals surface area contributed by atoms with Crippen molar-refractivity contribution < 1.29 is 33.4 Å². The Morgan fingerprint density at radius 3 is 2.07 bits per heavy atom. The maximum Gasteiger partial charge on any atom is 0.334 e. The van der Waals surface area contributed by atoms with E-state index < -0.39 is 35.1 Å². The first kappa shape index (κ1) is 20.4. The van der Waals surface area contributed by atoms with Gasteiger partial charge in [-0.3, -0.25) is 14.4 Å². The van der Waals surface area contributed by atoms with Crippen molar-refractivity contribution in [2.75, 3.05) is 25.1 Å². The van der Waals surface area contributed by atoms with Gasteiger partial charge in [-0.15, -0.1) is 0 Å². The number of fused-ring (bicyclic) bond motifs is 1. The molecule has 0 aliphatic carbocycles. The van der Waals surface area contributed by atoms with Crippen molar-refractivity contribution in [1.82, 2.24) is 0 Å². The average molecular weight is 377 g/mol. The maximum atomic E-state index is 13.4. The fourth-order valence-electron chi connectivity index (χ4n) is 3.03. The predicted molar refractivity (Wildman–Crippen MR) is 95.3 cm³/mol. The van der Waals surface area contributed by atoms with Gasteiger partial charge >= 0.3 is 17.9 Å². The van der Waals surface area contributed by atoms with Crippen LogP contribution in [0.3, 0.4) is 0 Å². The van der Waals surface area contributed by atoms with E-state index in [0.717, 1.165) is 5.56 Å². The van der Waals surface area contributed by atoms with Gasteiger partial charge in [-0.25, -0.2) is 4.79 Å². The first-order chi connectivity index (χ1) is 12.8. The minimum absolute atomic E-state index is 0.00763. The van der Waals surface area contributed by atoms with Gasteiger partial charge in [0.05, 0.1) is 19.8 Å². The number of rotatable bonds is 6. The van der Waals surface area contributed by atoms with Crippen LogP contribution in [0.4, 0.5) is 5.69 Å². The molecule has 0 fully saturated rings. The van der Waals surface area contributed by atoms with E-state index in [1.807, 2.05) is 0 Å². The molecule has 0 spiro atoms. The summed E-state index contributed by atoms with van der Waals surface area (Å²) in [4.78, 5) is 51.7. The van der Waals surface area contributed by atoms with E-state index in [-0.39, 0.29) is 25.4 Å². The molecule has 2 rings (SSSR count). The van der Waals surface area contributed by atoms with E-state index in [1.54, 1.807) is 32.0 Å². The number of ether oxygens (including phenoxy) is 3. The Hall–Kier alpha value is -2.90. The van der Waals surface area contributed by atoms with Gasteiger partial charge < -0.3 is 19.5 Å². The van der Waals surface area contributed by atoms with Crippen LogP contribution < -0.4 is 5.32 Å². The van der Waals surface area contributed by atoms with Crippen LogP contribution in [0.1, 0.15) is 36.7 Å². The Balaban J connectivity index is 2.75. The molecule has 1 aliphatic rings. The molecule has 8 heteroatoms. The molecule has 1 unspecified atom stereocenters. The van der Waals surface area contributed by atoms with Crippen molar-refractivity contribution >= 4 is 29.4 Å². The second-order valence-electron chi connectivity index (χ2n) is 5.96. The third kappa shape index (κ3) is 3.39. The molecule has 1 atom stereocenters. The fourth-order valence-corrected chi connectivity index (χ4v) is 3.03. The topological polar surface area (TPSA) is 108 Å². The van der Waals surface area contributed by atoms with Gasteiger partial charge in [0.1, 0.15) is 0 Å². The number of ketones is 1. The first-order valence-corrected chi connectivity index (χ1v) is 8.77. The van der Waals surface area contributed by atoms with Gasteiger partial charge in [0, 0.05) is 11.3 Å². The number of aryl methyl sites for hydroxylation is 1. The Labute approximate surface area is 157 Å². The van der Waals surface area contributed by atoms with Crippen LogP contribution in [0.25, 0.3) is 0 Å². The van der Waals surface area contributed by atoms with Gasteiger partial charge in [0.25, 0.3) is 5.41 Å². The van der Waals surface area contributed by atoms with Crippen LogP contribution in [0.15, 0.2) is 18.2 Å². The van der Waals surface area contributed by atoms with E-state index in [1.165, 1.54) is 13.8 Å². The molecule has 1 N–H and O–H groups in total. The molecule has 1 aliphatic heterocycles. The molecule has 0 amide bonds. The SMILES string of the molecule is CCOC(=O)C1Nc2ccc(C)cc2C(=O)C1(C(=O)OCC)C(=O)OCC. The highest BCUT2D eigenvalue weighted by atomic mass is 16.6. The van der Waals surface area contributed by atoms with Crippen molar-refractivity contribution in [3.8, 4) is 0 Å². The van der Waals surface area contributed by atoms with Crippen molar-refractivity contribution in [3.63, 3.8) is 0 Å². The largest absolute Gasteiger partial charge is 0.465 e. The molecule has 0 saturated carbocycles. The quantitative estimate of drug-likeness (QED) is 0.453. The molecule has 0 aromatic heterocycles. The zero-order valence-corrected chi connectivity index (χ0v) is 15.8. The number of anilines is 1. The van der Waals surface area contributed by atoms with Crippen LogP contribution in [-0.4, -0.2) is 49.6 Å². The highest BCUT2D eigenvalue weighted by molar-refractivity contribution is 6.31. The lowest BCUT2D eigenvalue weighted by atomic mass is 9.70. The van der Waals surface area contributed by atoms with Crippen molar-refractivity contribution in [2.45, 2.75) is 33.7 Å². The van der Waals surface area contributed by atoms with Gasteiger partial charge in [0.15, 0.2) is 11.8 Å². The molecule has 0 bridgehead atoms. The van der Waals surface area contributed by atoms with E-state index in [0.29, 0.717) is 5.69 Å². The summed E-state index contributed by atoms with van der Waals surface area (Å²) in [6, 6.07) is 3.29. The molecule has 1 heterocycles. The zero-order valence-electron chi connectivity index (χ0n) is 15.8. The number of carbonyl (C=O) groups is 4. The molecular formula is C19H23NO7. The highest BCUT2D eigenvalue weighted by Crippen LogP contribution is 2.40. The Kier molecular flexibility index (Phi) is 6.20. The minimum Gasteiger partial charge on any atom is -0.465 e. The number of carbonyl (C=O) groups excluding carboxylic acids is 4. The summed E-state index contributed by atoms with van der Waals surface area (Å²) in [6.07, 6.45) is 0. The monoisotopic (exact) mass is 377 g/mol. The lowest BCUT2D eigenvalue weighted by molar-refractivity contribution is -0.173. The van der Waals surface area contributed by atoms with Crippen molar-refractivity contribution in [1.29, 1.82) is 0 Å². The fraction of sp³-hybridized carbons (Fsp3) is 0.474. The van der Waals surface area contributed by atoms with Crippen LogP contribution >= 0.6 is 0 Å². The summed E-state index contributed by atoms with van der Waals surface area (Å²) < 4.78 is 15.0. The van der Waals surface area contributed by atoms with Gasteiger partial charge in [0.2, 0.25) is 0 Å². The summed E-state index contributed by atoms with van der Waals surface area (Å²) >= 11 is 0. The van der Waals surface area contributed by atoms with Gasteiger partial charge in [-0.1, -0.05) is 11.6 Å². The maximum absolute atomic E-state index is 13.4. The number of Topliss-reactive ketones (excluding diaryl/α,β-unsaturated/α-hetero) is 1. The normalized spacial score (nSPS) is 17.3. The van der Waals surface area contributed by atoms with Gasteiger partial charge in [-0.2, -0.15) is 0 Å². The van der Waals surface area contributed by atoms with Crippen LogP contribution in [0.5, 0.6) is 0 Å². The molecule has 0 radical (unpaired) electrons. The van der Waals surface area contributed by atoms with Gasteiger partial charge in [-0.05, 0) is 39.8 Å². The minimum atomic E-state index is -2.51. The predicted octanol–water partition coefficient (Wildman–Crippen LogP) is 1.65. The van der Waals surface area contributed by atoms with E-state index in [2.05, 4.69) is 5.32 Å². The van der Waals surface area contributed by atoms with E-state index in [4.69, 9.17) is 14.2 Å². The molecule has 1 aromatic rings. The van der Waals surface area contributed by atoms with Crippen LogP contribution in [0, 0.1) is 12.3 Å². The molecule has 146 valence electrons. The Bertz CT molecular complexity index is 753. The smallest absolute Gasteiger partial charge is 0.334 e. The number of benzene rings is 1. The summed E-state index contributed by atoms with van der Waals surface area (Å²) in [5, 5.41) is 2.81. The molecule has 0 saturated heterocycles. The summed E-state index contributed by atoms with van der Waals surface area (Å²) in [5.74, 6) is -4.06. The molecular weight excluding hydrogens is 354 g/mol. The lowest BCUT2D eigenvalue weighted by Gasteiger charge is -2.38. The average Bonchev–Trinajstić information content (AvgIpc) is 2.62. The summed E-state index contributed by atoms with van der Waals surface area (Å²) in [7, 11) is 0. The summed E-state index contributed by atoms with van der Waals surface area (Å²) in [6.45, 7) is 6.27. The number of hydrogen-bond acceptors (Lipinski definition) is 8. The highest BCUT2D eigenvalue weighted by Gasteiger charge is 2.66. The van der Waals surface area contributed by atoms with Crippen molar-refractivity contribution in [3.05, 3.63) is 29.3 Å². The third-order valence-electron chi connectivity index (χ3n) is 4.23. The Morgan fingerprint density at radius 2 is 1.56 bits per heavy atom. The van der Waals surface area contributed by atoms with Crippen molar-refractivity contribution in [2.24, 2.45) is 5.41 Å². The number of esters is 3. The molecule has 27 heavy (non-hydrogen) atoms. The van der Waals surface area contributed by atoms with E-state index >= 15 is 0 Å². The first-order valence-electron chi connectivity index (χ1n) is 8.77. The second kappa shape index (κ2) is 8.20. The Morgan fingerprint density at radius 1 is 1.00 bits per heavy atom. The lowest BCUT2D eigenvalue weighted by Crippen LogP contribution is -2.64. The summed E-state index contributed by atoms with van der Waals surface area (Å²) in [5.41, 5.74) is -1.33. The second-order valence-corrected chi connectivity index (χ2v) is 5.96. The standard InChI is InChI=1S/C19H23NO7/c1-5-25-16(22)14-19(17(23)26-6-2,18(24)27-7-3)15(21)12-10-11(4)8-9-13(12)20-14/h8-10,14,20H,5-7H2,1-4H3. The number of hydrogen-bond donors (Lipinski definition) is 1. The van der Waals surface area contributed by atoms with Crippen LogP contribution in [-0.2, 0) is 28.6 Å². The third-order valence-corrected chi connectivity index (χ3v) is 4.23. The zero-order chi connectivity index (χ0) is 20.2. The molecule has 1 aromatic carbocycles. The molecule has 8 nitrogen and oxygen atoms in total.